The number of sulfone groups is 1. The van der Waals surface area contributed by atoms with E-state index in [1.54, 1.807) is 34.9 Å². The van der Waals surface area contributed by atoms with Crippen molar-refractivity contribution in [3.05, 3.63) is 78.8 Å². The van der Waals surface area contributed by atoms with Crippen LogP contribution < -0.4 is 5.32 Å². The molecule has 34 heavy (non-hydrogen) atoms. The molecule has 0 radical (unpaired) electrons. The molecule has 3 aromatic heterocycles. The number of rotatable bonds is 7. The number of hydrogen-bond donors (Lipinski definition) is 1. The zero-order valence-corrected chi connectivity index (χ0v) is 19.2. The van der Waals surface area contributed by atoms with Crippen LogP contribution in [-0.4, -0.2) is 28.9 Å². The lowest BCUT2D eigenvalue weighted by Crippen LogP contribution is -2.17. The Kier molecular flexibility index (Phi) is 5.62. The summed E-state index contributed by atoms with van der Waals surface area (Å²) in [6, 6.07) is 18.5. The third kappa shape index (κ3) is 3.73. The predicted octanol–water partition coefficient (Wildman–Crippen LogP) is 5.06. The van der Waals surface area contributed by atoms with Gasteiger partial charge in [0.25, 0.3) is 5.91 Å². The van der Waals surface area contributed by atoms with Crippen LogP contribution in [0.1, 0.15) is 30.3 Å². The highest BCUT2D eigenvalue weighted by Gasteiger charge is 2.32. The van der Waals surface area contributed by atoms with Gasteiger partial charge in [-0.2, -0.15) is 0 Å². The van der Waals surface area contributed by atoms with Crippen molar-refractivity contribution in [3.63, 3.8) is 0 Å². The fraction of sp³-hybridized carbons (Fsp3) is 0.160. The highest BCUT2D eigenvalue weighted by atomic mass is 32.2. The lowest BCUT2D eigenvalue weighted by molar-refractivity contribution is 0.0995. The Labute approximate surface area is 196 Å². The molecule has 0 saturated carbocycles. The number of nitrogens with one attached hydrogen (secondary N) is 1. The maximum Gasteiger partial charge on any atom is 0.292 e. The van der Waals surface area contributed by atoms with Crippen molar-refractivity contribution in [1.29, 1.82) is 0 Å². The van der Waals surface area contributed by atoms with E-state index in [0.29, 0.717) is 23.2 Å². The van der Waals surface area contributed by atoms with Gasteiger partial charge in [-0.25, -0.2) is 18.4 Å². The molecule has 0 unspecified atom stereocenters. The molecule has 2 aromatic carbocycles. The molecule has 1 amide bonds. The predicted molar refractivity (Wildman–Crippen MR) is 128 cm³/mol. The molecule has 5 rings (SSSR count). The molecule has 0 fully saturated rings. The molecule has 0 aliphatic rings. The van der Waals surface area contributed by atoms with E-state index in [9.17, 15) is 13.2 Å². The van der Waals surface area contributed by atoms with Crippen LogP contribution in [0.25, 0.3) is 22.2 Å². The second-order valence-corrected chi connectivity index (χ2v) is 9.70. The molecule has 0 aliphatic carbocycles. The van der Waals surface area contributed by atoms with Gasteiger partial charge in [0.2, 0.25) is 9.84 Å². The highest BCUT2D eigenvalue weighted by molar-refractivity contribution is 7.92. The quantitative estimate of drug-likeness (QED) is 0.353. The molecule has 8 nitrogen and oxygen atoms in total. The highest BCUT2D eigenvalue weighted by Crippen LogP contribution is 2.37. The lowest BCUT2D eigenvalue weighted by atomic mass is 10.3. The average Bonchev–Trinajstić information content (AvgIpc) is 3.49. The summed E-state index contributed by atoms with van der Waals surface area (Å²) in [7, 11) is -4.05. The van der Waals surface area contributed by atoms with Gasteiger partial charge in [-0.1, -0.05) is 43.7 Å². The van der Waals surface area contributed by atoms with Crippen LogP contribution in [0.15, 0.2) is 87.2 Å². The smallest absolute Gasteiger partial charge is 0.292 e. The molecule has 0 bridgehead atoms. The Balaban J connectivity index is 1.84. The third-order valence-corrected chi connectivity index (χ3v) is 7.36. The van der Waals surface area contributed by atoms with Gasteiger partial charge in [-0.15, -0.1) is 0 Å². The first-order valence-electron chi connectivity index (χ1n) is 10.9. The van der Waals surface area contributed by atoms with Gasteiger partial charge in [-0.3, -0.25) is 4.79 Å². The number of carbonyl (C=O) groups excluding carboxylic acids is 1. The third-order valence-electron chi connectivity index (χ3n) is 5.54. The molecule has 0 atom stereocenters. The Morgan fingerprint density at radius 2 is 1.68 bits per heavy atom. The largest absolute Gasteiger partial charge is 0.459 e. The molecular formula is C25H22N4O4S. The molecule has 0 saturated heterocycles. The van der Waals surface area contributed by atoms with Gasteiger partial charge in [0, 0.05) is 6.54 Å². The number of aryl methyl sites for hydroxylation is 1. The van der Waals surface area contributed by atoms with E-state index in [4.69, 9.17) is 14.4 Å². The number of aromatic nitrogens is 3. The van der Waals surface area contributed by atoms with Crippen molar-refractivity contribution in [2.75, 3.05) is 5.32 Å². The summed E-state index contributed by atoms with van der Waals surface area (Å²) in [5, 5.41) is 2.78. The average molecular weight is 475 g/mol. The SMILES string of the molecule is CCCCn1c(NC(=O)c2ccco2)c(S(=O)(=O)c2ccccc2)c2nc3ccccc3nc21. The Hall–Kier alpha value is -3.98. The van der Waals surface area contributed by atoms with Crippen LogP contribution in [0, 0.1) is 0 Å². The van der Waals surface area contributed by atoms with Gasteiger partial charge >= 0.3 is 0 Å². The zero-order valence-electron chi connectivity index (χ0n) is 18.4. The number of carbonyl (C=O) groups is 1. The maximum atomic E-state index is 13.9. The number of fused-ring (bicyclic) bond motifs is 2. The summed E-state index contributed by atoms with van der Waals surface area (Å²) in [5.74, 6) is -0.356. The number of amides is 1. The van der Waals surface area contributed by atoms with Crippen molar-refractivity contribution in [3.8, 4) is 0 Å². The van der Waals surface area contributed by atoms with Crippen LogP contribution in [0.3, 0.4) is 0 Å². The number of furan rings is 1. The van der Waals surface area contributed by atoms with Crippen molar-refractivity contribution in [2.45, 2.75) is 36.1 Å². The Bertz CT molecular complexity index is 1590. The summed E-state index contributed by atoms with van der Waals surface area (Å²) in [6.07, 6.45) is 3.01. The number of hydrogen-bond acceptors (Lipinski definition) is 6. The lowest BCUT2D eigenvalue weighted by Gasteiger charge is -2.12. The van der Waals surface area contributed by atoms with E-state index in [2.05, 4.69) is 5.32 Å². The van der Waals surface area contributed by atoms with Crippen molar-refractivity contribution < 1.29 is 17.6 Å². The minimum absolute atomic E-state index is 0.0708. The number of anilines is 1. The maximum absolute atomic E-state index is 13.9. The van der Waals surface area contributed by atoms with Gasteiger partial charge < -0.3 is 14.3 Å². The fourth-order valence-corrected chi connectivity index (χ4v) is 5.44. The molecule has 172 valence electrons. The minimum Gasteiger partial charge on any atom is -0.459 e. The standard InChI is InChI=1S/C25H22N4O4S/c1-2-3-15-29-23-21(26-18-12-7-8-13-19(18)27-23)22(34(31,32)17-10-5-4-6-11-17)24(29)28-25(30)20-14-9-16-33-20/h4-14,16H,2-3,15H2,1H3,(H,28,30). The second kappa shape index (κ2) is 8.75. The summed E-state index contributed by atoms with van der Waals surface area (Å²) in [4.78, 5) is 22.4. The van der Waals surface area contributed by atoms with Crippen LogP contribution in [-0.2, 0) is 16.4 Å². The molecule has 1 N–H and O–H groups in total. The van der Waals surface area contributed by atoms with E-state index in [0.717, 1.165) is 12.8 Å². The van der Waals surface area contributed by atoms with Crippen LogP contribution in [0.5, 0.6) is 0 Å². The molecule has 0 spiro atoms. The molecule has 5 aromatic rings. The zero-order chi connectivity index (χ0) is 23.7. The summed E-state index contributed by atoms with van der Waals surface area (Å²) in [6.45, 7) is 2.49. The summed E-state index contributed by atoms with van der Waals surface area (Å²) in [5.41, 5.74) is 1.82. The van der Waals surface area contributed by atoms with E-state index < -0.39 is 15.7 Å². The fourth-order valence-electron chi connectivity index (χ4n) is 3.88. The molecular weight excluding hydrogens is 452 g/mol. The summed E-state index contributed by atoms with van der Waals surface area (Å²) < 4.78 is 34.8. The van der Waals surface area contributed by atoms with E-state index >= 15 is 0 Å². The van der Waals surface area contributed by atoms with Crippen LogP contribution >= 0.6 is 0 Å². The van der Waals surface area contributed by atoms with E-state index in [1.165, 1.54) is 24.5 Å². The van der Waals surface area contributed by atoms with Crippen molar-refractivity contribution in [1.82, 2.24) is 14.5 Å². The number of para-hydroxylation sites is 2. The van der Waals surface area contributed by atoms with E-state index in [1.807, 2.05) is 25.1 Å². The monoisotopic (exact) mass is 474 g/mol. The first-order chi connectivity index (χ1) is 16.5. The first-order valence-corrected chi connectivity index (χ1v) is 12.4. The second-order valence-electron chi connectivity index (χ2n) is 7.82. The minimum atomic E-state index is -4.05. The Morgan fingerprint density at radius 3 is 2.35 bits per heavy atom. The Morgan fingerprint density at radius 1 is 0.971 bits per heavy atom. The normalized spacial score (nSPS) is 11.8. The topological polar surface area (TPSA) is 107 Å². The molecule has 3 heterocycles. The van der Waals surface area contributed by atoms with Crippen LogP contribution in [0.2, 0.25) is 0 Å². The van der Waals surface area contributed by atoms with Gasteiger partial charge in [0.15, 0.2) is 11.4 Å². The van der Waals surface area contributed by atoms with Gasteiger partial charge in [0.05, 0.1) is 22.2 Å². The van der Waals surface area contributed by atoms with Crippen LogP contribution in [0.4, 0.5) is 5.82 Å². The molecule has 9 heteroatoms. The summed E-state index contributed by atoms with van der Waals surface area (Å²) >= 11 is 0. The van der Waals surface area contributed by atoms with Crippen molar-refractivity contribution in [2.24, 2.45) is 0 Å². The molecule has 0 aliphatic heterocycles. The van der Waals surface area contributed by atoms with Crippen molar-refractivity contribution >= 4 is 43.8 Å². The van der Waals surface area contributed by atoms with Gasteiger partial charge in [-0.05, 0) is 42.8 Å². The van der Waals surface area contributed by atoms with E-state index in [-0.39, 0.29) is 26.9 Å². The first kappa shape index (κ1) is 21.8. The van der Waals surface area contributed by atoms with Gasteiger partial charge in [0.1, 0.15) is 16.2 Å². The number of nitrogens with zero attached hydrogens (tertiary/aromatic N) is 3. The number of benzene rings is 2. The number of unbranched alkanes of at least 4 members (excludes halogenated alkanes) is 1.